The van der Waals surface area contributed by atoms with E-state index in [1.54, 1.807) is 6.20 Å². The second-order valence-electron chi connectivity index (χ2n) is 4.00. The smallest absolute Gasteiger partial charge is 0.239 e. The van der Waals surface area contributed by atoms with Gasteiger partial charge in [0, 0.05) is 12.7 Å². The number of aromatic nitrogens is 2. The average Bonchev–Trinajstić information content (AvgIpc) is 2.26. The van der Waals surface area contributed by atoms with Crippen molar-refractivity contribution < 1.29 is 0 Å². The molecule has 0 aromatic carbocycles. The summed E-state index contributed by atoms with van der Waals surface area (Å²) in [5.41, 5.74) is 2.42. The highest BCUT2D eigenvalue weighted by molar-refractivity contribution is 9.10. The third kappa shape index (κ3) is 4.32. The predicted molar refractivity (Wildman–Crippen MR) is 70.1 cm³/mol. The van der Waals surface area contributed by atoms with Gasteiger partial charge in [0.2, 0.25) is 5.95 Å². The van der Waals surface area contributed by atoms with Crippen LogP contribution in [0.2, 0.25) is 0 Å². The van der Waals surface area contributed by atoms with Crippen LogP contribution in [0.4, 0.5) is 11.8 Å². The molecule has 1 aromatic heterocycles. The highest BCUT2D eigenvalue weighted by Gasteiger charge is 2.03. The first-order valence-electron chi connectivity index (χ1n) is 5.36. The monoisotopic (exact) mass is 287 g/mol. The number of hydrogen-bond acceptors (Lipinski definition) is 5. The minimum atomic E-state index is 0.412. The Kier molecular flexibility index (Phi) is 5.48. The van der Waals surface area contributed by atoms with Gasteiger partial charge in [-0.05, 0) is 34.7 Å². The molecule has 0 spiro atoms. The number of hydrogen-bond donors (Lipinski definition) is 3. The van der Waals surface area contributed by atoms with Gasteiger partial charge in [-0.15, -0.1) is 0 Å². The van der Waals surface area contributed by atoms with Crippen molar-refractivity contribution in [3.63, 3.8) is 0 Å². The van der Waals surface area contributed by atoms with Gasteiger partial charge in [-0.1, -0.05) is 13.8 Å². The van der Waals surface area contributed by atoms with E-state index in [1.807, 2.05) is 0 Å². The fourth-order valence-corrected chi connectivity index (χ4v) is 1.61. The second kappa shape index (κ2) is 6.65. The molecule has 0 saturated heterocycles. The molecule has 4 N–H and O–H groups in total. The van der Waals surface area contributed by atoms with E-state index < -0.39 is 0 Å². The zero-order chi connectivity index (χ0) is 12.0. The van der Waals surface area contributed by atoms with Crippen LogP contribution in [0.25, 0.3) is 0 Å². The number of anilines is 2. The van der Waals surface area contributed by atoms with Crippen LogP contribution in [-0.4, -0.2) is 16.5 Å². The second-order valence-corrected chi connectivity index (χ2v) is 4.85. The van der Waals surface area contributed by atoms with Gasteiger partial charge in [-0.2, -0.15) is 4.98 Å². The van der Waals surface area contributed by atoms with Gasteiger partial charge >= 0.3 is 0 Å². The zero-order valence-electron chi connectivity index (χ0n) is 9.63. The summed E-state index contributed by atoms with van der Waals surface area (Å²) in [7, 11) is 0. The van der Waals surface area contributed by atoms with Crippen LogP contribution in [0.15, 0.2) is 10.7 Å². The maximum Gasteiger partial charge on any atom is 0.239 e. The van der Waals surface area contributed by atoms with Crippen LogP contribution in [0, 0.1) is 5.92 Å². The Morgan fingerprint density at radius 3 is 2.88 bits per heavy atom. The van der Waals surface area contributed by atoms with Crippen LogP contribution in [0.3, 0.4) is 0 Å². The summed E-state index contributed by atoms with van der Waals surface area (Å²) in [6.45, 7) is 5.34. The molecule has 0 bridgehead atoms. The minimum absolute atomic E-state index is 0.412. The molecule has 1 rings (SSSR count). The summed E-state index contributed by atoms with van der Waals surface area (Å²) >= 11 is 3.38. The molecule has 0 radical (unpaired) electrons. The van der Waals surface area contributed by atoms with Crippen molar-refractivity contribution in [1.29, 1.82) is 0 Å². The van der Waals surface area contributed by atoms with Gasteiger partial charge in [0.05, 0.1) is 4.47 Å². The van der Waals surface area contributed by atoms with E-state index in [9.17, 15) is 0 Å². The van der Waals surface area contributed by atoms with Gasteiger partial charge in [-0.3, -0.25) is 5.43 Å². The molecular weight excluding hydrogens is 270 g/mol. The molecule has 0 atom stereocenters. The number of nitrogen functional groups attached to an aromatic ring is 1. The molecule has 0 unspecified atom stereocenters. The van der Waals surface area contributed by atoms with E-state index in [-0.39, 0.29) is 0 Å². The van der Waals surface area contributed by atoms with E-state index in [2.05, 4.69) is 50.5 Å². The Morgan fingerprint density at radius 2 is 2.25 bits per heavy atom. The minimum Gasteiger partial charge on any atom is -0.369 e. The number of halogens is 1. The summed E-state index contributed by atoms with van der Waals surface area (Å²) in [5.74, 6) is 7.16. The molecule has 16 heavy (non-hydrogen) atoms. The van der Waals surface area contributed by atoms with Crippen molar-refractivity contribution in [3.8, 4) is 0 Å². The molecule has 1 heterocycles. The molecule has 0 saturated carbocycles. The van der Waals surface area contributed by atoms with E-state index in [0.717, 1.165) is 29.2 Å². The van der Waals surface area contributed by atoms with E-state index in [4.69, 9.17) is 5.84 Å². The largest absolute Gasteiger partial charge is 0.369 e. The normalized spacial score (nSPS) is 10.6. The highest BCUT2D eigenvalue weighted by Crippen LogP contribution is 2.19. The van der Waals surface area contributed by atoms with E-state index in [1.165, 1.54) is 6.42 Å². The molecule has 1 aromatic rings. The Bertz CT molecular complexity index is 329. The van der Waals surface area contributed by atoms with Gasteiger partial charge in [0.25, 0.3) is 0 Å². The SMILES string of the molecule is CC(C)CCCNc1nc(NN)ncc1Br. The molecule has 0 aliphatic heterocycles. The van der Waals surface area contributed by atoms with Crippen LogP contribution >= 0.6 is 15.9 Å². The summed E-state index contributed by atoms with van der Waals surface area (Å²) in [6.07, 6.45) is 4.00. The Morgan fingerprint density at radius 1 is 1.50 bits per heavy atom. The van der Waals surface area contributed by atoms with Crippen molar-refractivity contribution in [2.24, 2.45) is 11.8 Å². The van der Waals surface area contributed by atoms with Crippen LogP contribution < -0.4 is 16.6 Å². The molecule has 90 valence electrons. The summed E-state index contributed by atoms with van der Waals surface area (Å²) in [6, 6.07) is 0. The molecule has 6 heteroatoms. The van der Waals surface area contributed by atoms with Gasteiger partial charge in [0.1, 0.15) is 5.82 Å². The third-order valence-corrected chi connectivity index (χ3v) is 2.70. The number of nitrogens with one attached hydrogen (secondary N) is 2. The molecule has 0 aliphatic carbocycles. The third-order valence-electron chi connectivity index (χ3n) is 2.12. The standard InChI is InChI=1S/C10H18BrN5/c1-7(2)4-3-5-13-9-8(11)6-14-10(15-9)16-12/h6-7H,3-5,12H2,1-2H3,(H2,13,14,15,16). The van der Waals surface area contributed by atoms with Gasteiger partial charge in [0.15, 0.2) is 0 Å². The first kappa shape index (κ1) is 13.2. The summed E-state index contributed by atoms with van der Waals surface area (Å²) < 4.78 is 0.844. The van der Waals surface area contributed by atoms with Crippen molar-refractivity contribution >= 4 is 27.7 Å². The molecular formula is C10H18BrN5. The molecule has 0 fully saturated rings. The van der Waals surface area contributed by atoms with Crippen molar-refractivity contribution in [1.82, 2.24) is 9.97 Å². The van der Waals surface area contributed by atoms with Gasteiger partial charge < -0.3 is 5.32 Å². The van der Waals surface area contributed by atoms with Crippen molar-refractivity contribution in [2.45, 2.75) is 26.7 Å². The van der Waals surface area contributed by atoms with Crippen LogP contribution in [0.1, 0.15) is 26.7 Å². The quantitative estimate of drug-likeness (QED) is 0.425. The number of rotatable bonds is 6. The first-order valence-corrected chi connectivity index (χ1v) is 6.15. The fourth-order valence-electron chi connectivity index (χ4n) is 1.28. The molecule has 0 aliphatic rings. The van der Waals surface area contributed by atoms with Gasteiger partial charge in [-0.25, -0.2) is 10.8 Å². The van der Waals surface area contributed by atoms with Crippen LogP contribution in [-0.2, 0) is 0 Å². The molecule has 5 nitrogen and oxygen atoms in total. The topological polar surface area (TPSA) is 75.9 Å². The van der Waals surface area contributed by atoms with E-state index >= 15 is 0 Å². The van der Waals surface area contributed by atoms with Crippen molar-refractivity contribution in [2.75, 3.05) is 17.3 Å². The lowest BCUT2D eigenvalue weighted by molar-refractivity contribution is 0.566. The molecule has 0 amide bonds. The number of nitrogens with two attached hydrogens (primary N) is 1. The lowest BCUT2D eigenvalue weighted by Gasteiger charge is -2.09. The summed E-state index contributed by atoms with van der Waals surface area (Å²) in [4.78, 5) is 8.18. The summed E-state index contributed by atoms with van der Waals surface area (Å²) in [5, 5.41) is 3.25. The zero-order valence-corrected chi connectivity index (χ0v) is 11.2. The number of hydrazine groups is 1. The lowest BCUT2D eigenvalue weighted by atomic mass is 10.1. The highest BCUT2D eigenvalue weighted by atomic mass is 79.9. The Labute approximate surface area is 104 Å². The first-order chi connectivity index (χ1) is 7.63. The van der Waals surface area contributed by atoms with Crippen LogP contribution in [0.5, 0.6) is 0 Å². The lowest BCUT2D eigenvalue weighted by Crippen LogP contribution is -2.12. The predicted octanol–water partition coefficient (Wildman–Crippen LogP) is 2.37. The fraction of sp³-hybridized carbons (Fsp3) is 0.600. The van der Waals surface area contributed by atoms with E-state index in [0.29, 0.717) is 5.95 Å². The Balaban J connectivity index is 2.46. The maximum atomic E-state index is 5.25. The van der Waals surface area contributed by atoms with Crippen molar-refractivity contribution in [3.05, 3.63) is 10.7 Å². The number of nitrogens with zero attached hydrogens (tertiary/aromatic N) is 2. The maximum absolute atomic E-state index is 5.25. The average molecular weight is 288 g/mol. The Hall–Kier alpha value is -0.880.